The SMILES string of the molecule is Cc1cc(CC2CCCN2)c2c(c1)OCO2. The number of nitrogens with one attached hydrogen (secondary N) is 1. The highest BCUT2D eigenvalue weighted by Crippen LogP contribution is 2.37. The third-order valence-electron chi connectivity index (χ3n) is 3.32. The number of hydrogen-bond acceptors (Lipinski definition) is 3. The number of rotatable bonds is 2. The Bertz CT molecular complexity index is 397. The van der Waals surface area contributed by atoms with Gasteiger partial charge in [0.25, 0.3) is 0 Å². The average molecular weight is 219 g/mol. The summed E-state index contributed by atoms with van der Waals surface area (Å²) in [6.07, 6.45) is 3.60. The van der Waals surface area contributed by atoms with E-state index in [1.807, 2.05) is 6.07 Å². The molecule has 0 radical (unpaired) electrons. The molecular weight excluding hydrogens is 202 g/mol. The summed E-state index contributed by atoms with van der Waals surface area (Å²) in [7, 11) is 0. The zero-order valence-corrected chi connectivity index (χ0v) is 9.58. The fourth-order valence-corrected chi connectivity index (χ4v) is 2.58. The van der Waals surface area contributed by atoms with Crippen molar-refractivity contribution in [3.05, 3.63) is 23.3 Å². The van der Waals surface area contributed by atoms with Crippen LogP contribution < -0.4 is 14.8 Å². The molecule has 3 rings (SSSR count). The molecule has 3 nitrogen and oxygen atoms in total. The van der Waals surface area contributed by atoms with Crippen LogP contribution in [0.25, 0.3) is 0 Å². The second kappa shape index (κ2) is 3.98. The monoisotopic (exact) mass is 219 g/mol. The number of fused-ring (bicyclic) bond motifs is 1. The molecule has 3 heteroatoms. The Kier molecular flexibility index (Phi) is 2.48. The van der Waals surface area contributed by atoms with Gasteiger partial charge < -0.3 is 14.8 Å². The van der Waals surface area contributed by atoms with E-state index in [-0.39, 0.29) is 0 Å². The maximum Gasteiger partial charge on any atom is 0.231 e. The second-order valence-electron chi connectivity index (χ2n) is 4.66. The average Bonchev–Trinajstić information content (AvgIpc) is 2.87. The quantitative estimate of drug-likeness (QED) is 0.825. The second-order valence-corrected chi connectivity index (χ2v) is 4.66. The number of hydrogen-bond donors (Lipinski definition) is 1. The predicted octanol–water partition coefficient (Wildman–Crippen LogP) is 2.02. The topological polar surface area (TPSA) is 30.5 Å². The lowest BCUT2D eigenvalue weighted by Gasteiger charge is -2.12. The van der Waals surface area contributed by atoms with Crippen LogP contribution in [0.4, 0.5) is 0 Å². The number of aryl methyl sites for hydroxylation is 1. The molecule has 0 aliphatic carbocycles. The molecular formula is C13H17NO2. The standard InChI is InChI=1S/C13H17NO2/c1-9-5-10(7-11-3-2-4-14-11)13-12(6-9)15-8-16-13/h5-6,11,14H,2-4,7-8H2,1H3. The Morgan fingerprint density at radius 2 is 2.31 bits per heavy atom. The lowest BCUT2D eigenvalue weighted by molar-refractivity contribution is 0.173. The Hall–Kier alpha value is -1.22. The predicted molar refractivity (Wildman–Crippen MR) is 62.0 cm³/mol. The molecule has 1 aromatic carbocycles. The molecule has 1 fully saturated rings. The van der Waals surface area contributed by atoms with E-state index in [9.17, 15) is 0 Å². The molecule has 2 aliphatic heterocycles. The van der Waals surface area contributed by atoms with Crippen LogP contribution in [0.1, 0.15) is 24.0 Å². The van der Waals surface area contributed by atoms with Gasteiger partial charge in [0.1, 0.15) is 0 Å². The van der Waals surface area contributed by atoms with Crippen molar-refractivity contribution in [2.75, 3.05) is 13.3 Å². The third kappa shape index (κ3) is 1.76. The van der Waals surface area contributed by atoms with Crippen molar-refractivity contribution >= 4 is 0 Å². The van der Waals surface area contributed by atoms with Crippen LogP contribution >= 0.6 is 0 Å². The van der Waals surface area contributed by atoms with E-state index in [1.165, 1.54) is 24.0 Å². The van der Waals surface area contributed by atoms with Crippen molar-refractivity contribution in [3.8, 4) is 11.5 Å². The zero-order valence-electron chi connectivity index (χ0n) is 9.58. The first kappa shape index (κ1) is 9.97. The van der Waals surface area contributed by atoms with Crippen molar-refractivity contribution in [2.45, 2.75) is 32.2 Å². The molecule has 1 saturated heterocycles. The van der Waals surface area contributed by atoms with Crippen LogP contribution in [-0.2, 0) is 6.42 Å². The summed E-state index contributed by atoms with van der Waals surface area (Å²) < 4.78 is 11.0. The van der Waals surface area contributed by atoms with Crippen molar-refractivity contribution in [2.24, 2.45) is 0 Å². The Labute approximate surface area is 95.8 Å². The van der Waals surface area contributed by atoms with E-state index < -0.39 is 0 Å². The summed E-state index contributed by atoms with van der Waals surface area (Å²) in [6, 6.07) is 4.87. The lowest BCUT2D eigenvalue weighted by atomic mass is 10.0. The molecule has 16 heavy (non-hydrogen) atoms. The van der Waals surface area contributed by atoms with Gasteiger partial charge >= 0.3 is 0 Å². The van der Waals surface area contributed by atoms with Crippen LogP contribution in [0.15, 0.2) is 12.1 Å². The first-order valence-corrected chi connectivity index (χ1v) is 5.95. The Morgan fingerprint density at radius 3 is 3.12 bits per heavy atom. The van der Waals surface area contributed by atoms with Crippen molar-refractivity contribution in [3.63, 3.8) is 0 Å². The first-order chi connectivity index (χ1) is 7.83. The maximum atomic E-state index is 5.54. The highest BCUT2D eigenvalue weighted by Gasteiger charge is 2.22. The van der Waals surface area contributed by atoms with Gasteiger partial charge in [0, 0.05) is 6.04 Å². The Balaban J connectivity index is 1.87. The van der Waals surface area contributed by atoms with E-state index in [0.29, 0.717) is 12.8 Å². The highest BCUT2D eigenvalue weighted by atomic mass is 16.7. The minimum absolute atomic E-state index is 0.365. The fourth-order valence-electron chi connectivity index (χ4n) is 2.58. The molecule has 0 saturated carbocycles. The van der Waals surface area contributed by atoms with E-state index in [0.717, 1.165) is 24.5 Å². The van der Waals surface area contributed by atoms with Crippen molar-refractivity contribution in [1.82, 2.24) is 5.32 Å². The van der Waals surface area contributed by atoms with Gasteiger partial charge in [-0.2, -0.15) is 0 Å². The van der Waals surface area contributed by atoms with Crippen molar-refractivity contribution in [1.29, 1.82) is 0 Å². The van der Waals surface area contributed by atoms with Crippen LogP contribution in [0.2, 0.25) is 0 Å². The van der Waals surface area contributed by atoms with E-state index >= 15 is 0 Å². The van der Waals surface area contributed by atoms with Gasteiger partial charge in [-0.05, 0) is 49.9 Å². The molecule has 1 N–H and O–H groups in total. The van der Waals surface area contributed by atoms with Gasteiger partial charge in [-0.25, -0.2) is 0 Å². The van der Waals surface area contributed by atoms with Crippen LogP contribution in [0, 0.1) is 6.92 Å². The van der Waals surface area contributed by atoms with E-state index in [4.69, 9.17) is 9.47 Å². The molecule has 1 aromatic rings. The fraction of sp³-hybridized carbons (Fsp3) is 0.538. The highest BCUT2D eigenvalue weighted by molar-refractivity contribution is 5.51. The van der Waals surface area contributed by atoms with Crippen molar-refractivity contribution < 1.29 is 9.47 Å². The zero-order chi connectivity index (χ0) is 11.0. The summed E-state index contributed by atoms with van der Waals surface area (Å²) in [5.41, 5.74) is 2.53. The molecule has 86 valence electrons. The number of benzene rings is 1. The summed E-state index contributed by atoms with van der Waals surface area (Å²) in [4.78, 5) is 0. The van der Waals surface area contributed by atoms with Gasteiger partial charge in [-0.15, -0.1) is 0 Å². The van der Waals surface area contributed by atoms with Crippen LogP contribution in [0.5, 0.6) is 11.5 Å². The van der Waals surface area contributed by atoms with E-state index in [2.05, 4.69) is 18.3 Å². The smallest absolute Gasteiger partial charge is 0.231 e. The normalized spacial score (nSPS) is 22.7. The Morgan fingerprint density at radius 1 is 1.38 bits per heavy atom. The molecule has 2 heterocycles. The third-order valence-corrected chi connectivity index (χ3v) is 3.32. The van der Waals surface area contributed by atoms with Gasteiger partial charge in [-0.1, -0.05) is 6.07 Å². The van der Waals surface area contributed by atoms with Gasteiger partial charge in [-0.3, -0.25) is 0 Å². The summed E-state index contributed by atoms with van der Waals surface area (Å²) in [5.74, 6) is 1.87. The molecule has 2 aliphatic rings. The van der Waals surface area contributed by atoms with Crippen LogP contribution in [-0.4, -0.2) is 19.4 Å². The van der Waals surface area contributed by atoms with Gasteiger partial charge in [0.2, 0.25) is 6.79 Å². The molecule has 0 spiro atoms. The summed E-state index contributed by atoms with van der Waals surface area (Å²) in [6.45, 7) is 3.62. The first-order valence-electron chi connectivity index (χ1n) is 5.95. The molecule has 1 unspecified atom stereocenters. The molecule has 1 atom stereocenters. The molecule has 0 amide bonds. The van der Waals surface area contributed by atoms with E-state index in [1.54, 1.807) is 0 Å². The van der Waals surface area contributed by atoms with Gasteiger partial charge in [0.15, 0.2) is 11.5 Å². The lowest BCUT2D eigenvalue weighted by Crippen LogP contribution is -2.23. The van der Waals surface area contributed by atoms with Crippen LogP contribution in [0.3, 0.4) is 0 Å². The summed E-state index contributed by atoms with van der Waals surface area (Å²) >= 11 is 0. The minimum Gasteiger partial charge on any atom is -0.454 e. The molecule has 0 aromatic heterocycles. The maximum absolute atomic E-state index is 5.54. The summed E-state index contributed by atoms with van der Waals surface area (Å²) in [5, 5.41) is 3.52. The largest absolute Gasteiger partial charge is 0.454 e. The number of ether oxygens (including phenoxy) is 2. The molecule has 0 bridgehead atoms. The van der Waals surface area contributed by atoms with Gasteiger partial charge in [0.05, 0.1) is 0 Å². The minimum atomic E-state index is 0.365.